The summed E-state index contributed by atoms with van der Waals surface area (Å²) in [5.74, 6) is -0.830. The Kier molecular flexibility index (Phi) is 6.95. The van der Waals surface area contributed by atoms with Crippen LogP contribution in [0.15, 0.2) is 43.0 Å². The van der Waals surface area contributed by atoms with Gasteiger partial charge in [-0.25, -0.2) is 24.3 Å². The number of hydrogen-bond acceptors (Lipinski definition) is 6. The SMILES string of the molecule is Cc1cc(F)c(C(=O)N2CCC[C@@H](C)C2CNc2ncc(C(F)(F)F)cn2)c(-c2ncccn2)c1. The largest absolute Gasteiger partial charge is 0.419 e. The van der Waals surface area contributed by atoms with Gasteiger partial charge in [-0.05, 0) is 49.4 Å². The Morgan fingerprint density at radius 1 is 1.14 bits per heavy atom. The van der Waals surface area contributed by atoms with Gasteiger partial charge in [0, 0.05) is 43.4 Å². The van der Waals surface area contributed by atoms with Gasteiger partial charge < -0.3 is 10.2 Å². The molecule has 1 N–H and O–H groups in total. The summed E-state index contributed by atoms with van der Waals surface area (Å²) in [4.78, 5) is 31.2. The third kappa shape index (κ3) is 5.39. The van der Waals surface area contributed by atoms with Crippen LogP contribution in [0.3, 0.4) is 0 Å². The maximum atomic E-state index is 15.2. The Morgan fingerprint density at radius 3 is 2.49 bits per heavy atom. The summed E-state index contributed by atoms with van der Waals surface area (Å²) in [5, 5.41) is 2.93. The highest BCUT2D eigenvalue weighted by Crippen LogP contribution is 2.31. The van der Waals surface area contributed by atoms with Crippen molar-refractivity contribution in [2.75, 3.05) is 18.4 Å². The average molecular weight is 488 g/mol. The number of piperidine rings is 1. The van der Waals surface area contributed by atoms with E-state index < -0.39 is 23.5 Å². The molecule has 0 saturated carbocycles. The molecule has 0 spiro atoms. The number of aromatic nitrogens is 4. The molecule has 2 atom stereocenters. The molecule has 35 heavy (non-hydrogen) atoms. The predicted octanol–water partition coefficient (Wildman–Crippen LogP) is 4.75. The lowest BCUT2D eigenvalue weighted by atomic mass is 9.89. The third-order valence-corrected chi connectivity index (χ3v) is 6.08. The Labute approximate surface area is 199 Å². The Hall–Kier alpha value is -3.63. The fraction of sp³-hybridized carbons (Fsp3) is 0.375. The molecule has 0 radical (unpaired) electrons. The van der Waals surface area contributed by atoms with Crippen molar-refractivity contribution in [3.63, 3.8) is 0 Å². The van der Waals surface area contributed by atoms with Crippen LogP contribution in [-0.4, -0.2) is 49.9 Å². The van der Waals surface area contributed by atoms with Gasteiger partial charge in [0.2, 0.25) is 5.95 Å². The number of likely N-dealkylation sites (tertiary alicyclic amines) is 1. The predicted molar refractivity (Wildman–Crippen MR) is 121 cm³/mol. The van der Waals surface area contributed by atoms with E-state index in [-0.39, 0.29) is 35.8 Å². The summed E-state index contributed by atoms with van der Waals surface area (Å²) in [7, 11) is 0. The van der Waals surface area contributed by atoms with E-state index in [0.29, 0.717) is 30.1 Å². The van der Waals surface area contributed by atoms with Crippen LogP contribution in [0.25, 0.3) is 11.4 Å². The first kappa shape index (κ1) is 24.5. The number of rotatable bonds is 5. The second-order valence-corrected chi connectivity index (χ2v) is 8.60. The van der Waals surface area contributed by atoms with E-state index in [1.54, 1.807) is 24.0 Å². The third-order valence-electron chi connectivity index (χ3n) is 6.08. The van der Waals surface area contributed by atoms with Gasteiger partial charge in [-0.2, -0.15) is 13.2 Å². The first-order valence-corrected chi connectivity index (χ1v) is 11.2. The molecule has 2 aromatic heterocycles. The van der Waals surface area contributed by atoms with E-state index in [4.69, 9.17) is 0 Å². The number of alkyl halides is 3. The highest BCUT2D eigenvalue weighted by atomic mass is 19.4. The number of carbonyl (C=O) groups excluding carboxylic acids is 1. The van der Waals surface area contributed by atoms with E-state index >= 15 is 4.39 Å². The zero-order valence-electron chi connectivity index (χ0n) is 19.2. The Bertz CT molecular complexity index is 1190. The lowest BCUT2D eigenvalue weighted by molar-refractivity contribution is -0.138. The minimum absolute atomic E-state index is 0.0167. The summed E-state index contributed by atoms with van der Waals surface area (Å²) in [6.07, 6.45) is 1.51. The first-order chi connectivity index (χ1) is 16.6. The number of carbonyl (C=O) groups is 1. The molecular formula is C24H24F4N6O. The molecule has 1 fully saturated rings. The highest BCUT2D eigenvalue weighted by Gasteiger charge is 2.35. The monoisotopic (exact) mass is 488 g/mol. The highest BCUT2D eigenvalue weighted by molar-refractivity contribution is 6.00. The van der Waals surface area contributed by atoms with Crippen molar-refractivity contribution >= 4 is 11.9 Å². The van der Waals surface area contributed by atoms with E-state index in [0.717, 1.165) is 12.8 Å². The van der Waals surface area contributed by atoms with Crippen molar-refractivity contribution in [1.29, 1.82) is 0 Å². The minimum atomic E-state index is -4.53. The molecule has 1 aromatic carbocycles. The summed E-state index contributed by atoms with van der Waals surface area (Å²) < 4.78 is 53.5. The lowest BCUT2D eigenvalue weighted by Crippen LogP contribution is -2.51. The van der Waals surface area contributed by atoms with Crippen molar-refractivity contribution in [3.8, 4) is 11.4 Å². The lowest BCUT2D eigenvalue weighted by Gasteiger charge is -2.40. The Morgan fingerprint density at radius 2 is 1.83 bits per heavy atom. The van der Waals surface area contributed by atoms with Gasteiger partial charge >= 0.3 is 6.18 Å². The summed E-state index contributed by atoms with van der Waals surface area (Å²) >= 11 is 0. The Balaban J connectivity index is 1.60. The van der Waals surface area contributed by atoms with E-state index in [9.17, 15) is 18.0 Å². The van der Waals surface area contributed by atoms with E-state index in [2.05, 4.69) is 25.3 Å². The van der Waals surface area contributed by atoms with Gasteiger partial charge in [-0.3, -0.25) is 4.79 Å². The number of benzene rings is 1. The number of amides is 1. The molecule has 1 aliphatic heterocycles. The smallest absolute Gasteiger partial charge is 0.352 e. The standard InChI is InChI=1S/C24H24F4N6O/c1-14-9-17(21-29-6-4-7-30-21)20(18(25)10-14)22(35)34-8-3-5-15(2)19(34)13-33-23-31-11-16(12-32-23)24(26,27)28/h4,6-7,9-12,15,19H,3,5,8,13H2,1-2H3,(H,31,32,33)/t15-,19?/m1/s1. The second-order valence-electron chi connectivity index (χ2n) is 8.60. The normalized spacial score (nSPS) is 18.4. The van der Waals surface area contributed by atoms with Crippen LogP contribution in [0.2, 0.25) is 0 Å². The van der Waals surface area contributed by atoms with Gasteiger partial charge in [0.05, 0.1) is 17.2 Å². The van der Waals surface area contributed by atoms with Crippen LogP contribution < -0.4 is 5.32 Å². The number of nitrogens with zero attached hydrogens (tertiary/aromatic N) is 5. The van der Waals surface area contributed by atoms with Gasteiger partial charge in [-0.1, -0.05) is 6.92 Å². The maximum Gasteiger partial charge on any atom is 0.419 e. The van der Waals surface area contributed by atoms with Crippen LogP contribution >= 0.6 is 0 Å². The molecule has 0 aliphatic carbocycles. The molecule has 4 rings (SSSR count). The average Bonchev–Trinajstić information content (AvgIpc) is 2.82. The van der Waals surface area contributed by atoms with Crippen LogP contribution in [-0.2, 0) is 6.18 Å². The summed E-state index contributed by atoms with van der Waals surface area (Å²) in [6, 6.07) is 4.26. The molecule has 184 valence electrons. The van der Waals surface area contributed by atoms with Gasteiger partial charge in [0.15, 0.2) is 5.82 Å². The maximum absolute atomic E-state index is 15.2. The number of nitrogens with one attached hydrogen (secondary N) is 1. The minimum Gasteiger partial charge on any atom is -0.352 e. The molecule has 7 nitrogen and oxygen atoms in total. The van der Waals surface area contributed by atoms with E-state index in [1.165, 1.54) is 18.5 Å². The molecule has 3 heterocycles. The van der Waals surface area contributed by atoms with Gasteiger partial charge in [-0.15, -0.1) is 0 Å². The van der Waals surface area contributed by atoms with Crippen LogP contribution in [0, 0.1) is 18.7 Å². The molecule has 0 bridgehead atoms. The molecule has 1 unspecified atom stereocenters. The zero-order valence-corrected chi connectivity index (χ0v) is 19.2. The molecule has 3 aromatic rings. The zero-order chi connectivity index (χ0) is 25.2. The molecular weight excluding hydrogens is 464 g/mol. The van der Waals surface area contributed by atoms with Gasteiger partial charge in [0.25, 0.3) is 5.91 Å². The van der Waals surface area contributed by atoms with Crippen LogP contribution in [0.1, 0.15) is 41.3 Å². The molecule has 11 heteroatoms. The molecule has 1 aliphatic rings. The summed E-state index contributed by atoms with van der Waals surface area (Å²) in [5.41, 5.74) is -0.113. The van der Waals surface area contributed by atoms with Crippen molar-refractivity contribution in [1.82, 2.24) is 24.8 Å². The van der Waals surface area contributed by atoms with E-state index in [1.807, 2.05) is 6.92 Å². The van der Waals surface area contributed by atoms with Crippen molar-refractivity contribution in [2.45, 2.75) is 38.9 Å². The van der Waals surface area contributed by atoms with Crippen LogP contribution in [0.4, 0.5) is 23.5 Å². The second kappa shape index (κ2) is 9.93. The topological polar surface area (TPSA) is 83.9 Å². The first-order valence-electron chi connectivity index (χ1n) is 11.2. The van der Waals surface area contributed by atoms with Crippen LogP contribution in [0.5, 0.6) is 0 Å². The fourth-order valence-electron chi connectivity index (χ4n) is 4.29. The van der Waals surface area contributed by atoms with Crippen molar-refractivity contribution in [2.24, 2.45) is 5.92 Å². The molecule has 1 amide bonds. The number of hydrogen-bond donors (Lipinski definition) is 1. The molecule has 1 saturated heterocycles. The number of halogens is 4. The number of anilines is 1. The van der Waals surface area contributed by atoms with Crippen molar-refractivity contribution in [3.05, 3.63) is 65.5 Å². The van der Waals surface area contributed by atoms with Crippen molar-refractivity contribution < 1.29 is 22.4 Å². The fourth-order valence-corrected chi connectivity index (χ4v) is 4.29. The number of aryl methyl sites for hydroxylation is 1. The quantitative estimate of drug-likeness (QED) is 0.522. The van der Waals surface area contributed by atoms with Gasteiger partial charge in [0.1, 0.15) is 5.82 Å². The summed E-state index contributed by atoms with van der Waals surface area (Å²) in [6.45, 7) is 4.31.